The van der Waals surface area contributed by atoms with Gasteiger partial charge in [0.15, 0.2) is 5.79 Å². The summed E-state index contributed by atoms with van der Waals surface area (Å²) in [7, 11) is 1.63. The van der Waals surface area contributed by atoms with Crippen molar-refractivity contribution in [3.8, 4) is 0 Å². The van der Waals surface area contributed by atoms with Crippen LogP contribution in [0.2, 0.25) is 0 Å². The van der Waals surface area contributed by atoms with Crippen molar-refractivity contribution in [2.45, 2.75) is 194 Å². The fraction of sp³-hybridized carbons (Fsp3) is 0.875. The molecule has 10 fully saturated rings. The Morgan fingerprint density at radius 2 is 1.54 bits per heavy atom. The third-order valence-electron chi connectivity index (χ3n) is 13.9. The molecular weight excluding hydrogens is 672 g/mol. The first kappa shape index (κ1) is 36.4. The van der Waals surface area contributed by atoms with Gasteiger partial charge in [0.2, 0.25) is 0 Å². The molecule has 12 nitrogen and oxygen atoms in total. The number of ketones is 1. The number of hydrogen-bond acceptors (Lipinski definition) is 12. The van der Waals surface area contributed by atoms with Gasteiger partial charge in [-0.25, -0.2) is 0 Å². The van der Waals surface area contributed by atoms with Gasteiger partial charge in [-0.1, -0.05) is 20.1 Å². The number of fused-ring (bicyclic) bond motifs is 6. The van der Waals surface area contributed by atoms with E-state index in [1.807, 2.05) is 0 Å². The van der Waals surface area contributed by atoms with Gasteiger partial charge in [-0.15, -0.1) is 0 Å². The van der Waals surface area contributed by atoms with Crippen LogP contribution >= 0.6 is 0 Å². The minimum atomic E-state index is -0.951. The van der Waals surface area contributed by atoms with Gasteiger partial charge in [-0.05, 0) is 62.0 Å². The first-order valence-corrected chi connectivity index (χ1v) is 20.1. The number of Topliss-reactive ketones (excluding diaryl/α,β-unsaturated/α-hetero) is 1. The smallest absolute Gasteiger partial charge is 0.172 e. The Morgan fingerprint density at radius 3 is 2.37 bits per heavy atom. The van der Waals surface area contributed by atoms with E-state index < -0.39 is 24.1 Å². The van der Waals surface area contributed by atoms with E-state index in [1.165, 1.54) is 0 Å². The van der Waals surface area contributed by atoms with Crippen molar-refractivity contribution in [1.82, 2.24) is 0 Å². The molecule has 290 valence electrons. The monoisotopic (exact) mass is 730 g/mol. The van der Waals surface area contributed by atoms with Crippen molar-refractivity contribution < 1.29 is 57.6 Å². The highest BCUT2D eigenvalue weighted by molar-refractivity contribution is 5.79. The first-order valence-electron chi connectivity index (χ1n) is 20.1. The summed E-state index contributed by atoms with van der Waals surface area (Å²) >= 11 is 0. The molecule has 0 amide bonds. The molecule has 0 saturated carbocycles. The fourth-order valence-electron chi connectivity index (χ4n) is 11.3. The van der Waals surface area contributed by atoms with Gasteiger partial charge in [-0.3, -0.25) is 4.79 Å². The average molecular weight is 731 g/mol. The molecule has 19 atom stereocenters. The third kappa shape index (κ3) is 6.59. The maximum Gasteiger partial charge on any atom is 0.172 e. The third-order valence-corrected chi connectivity index (χ3v) is 13.9. The Hall–Kier alpha value is -1.29. The Morgan fingerprint density at radius 1 is 0.788 bits per heavy atom. The molecule has 12 bridgehead atoms. The number of aliphatic hydroxyl groups excluding tert-OH is 2. The highest BCUT2D eigenvalue weighted by Crippen LogP contribution is 2.54. The number of hydrogen-bond donors (Lipinski definition) is 2. The Labute approximate surface area is 306 Å². The summed E-state index contributed by atoms with van der Waals surface area (Å²) in [6, 6.07) is 0. The van der Waals surface area contributed by atoms with Crippen molar-refractivity contribution in [2.24, 2.45) is 11.8 Å². The molecule has 0 aromatic heterocycles. The molecule has 10 rings (SSSR count). The molecule has 10 aliphatic heterocycles. The van der Waals surface area contributed by atoms with Gasteiger partial charge < -0.3 is 52.8 Å². The summed E-state index contributed by atoms with van der Waals surface area (Å²) in [5.74, 6) is -0.709. The zero-order chi connectivity index (χ0) is 35.9. The topological polar surface area (TPSA) is 141 Å². The lowest BCUT2D eigenvalue weighted by Crippen LogP contribution is -2.61. The summed E-state index contributed by atoms with van der Waals surface area (Å²) in [5.41, 5.74) is 2.17. The lowest BCUT2D eigenvalue weighted by atomic mass is 9.81. The normalized spacial score (nSPS) is 52.4. The maximum absolute atomic E-state index is 14.0. The van der Waals surface area contributed by atoms with E-state index >= 15 is 0 Å². The predicted molar refractivity (Wildman–Crippen MR) is 184 cm³/mol. The first-order chi connectivity index (χ1) is 25.1. The van der Waals surface area contributed by atoms with E-state index in [4.69, 9.17) is 42.6 Å². The summed E-state index contributed by atoms with van der Waals surface area (Å²) in [4.78, 5) is 14.0. The van der Waals surface area contributed by atoms with E-state index in [1.54, 1.807) is 7.11 Å². The highest BCUT2D eigenvalue weighted by Gasteiger charge is 2.68. The summed E-state index contributed by atoms with van der Waals surface area (Å²) in [5, 5.41) is 20.1. The number of rotatable bonds is 4. The average Bonchev–Trinajstić information content (AvgIpc) is 3.79. The van der Waals surface area contributed by atoms with E-state index in [0.717, 1.165) is 49.7 Å². The van der Waals surface area contributed by atoms with Gasteiger partial charge in [0.25, 0.3) is 0 Å². The van der Waals surface area contributed by atoms with Crippen LogP contribution in [0.1, 0.15) is 90.4 Å². The number of carbonyl (C=O) groups excluding carboxylic acids is 1. The van der Waals surface area contributed by atoms with E-state index in [-0.39, 0.29) is 123 Å². The molecule has 5 unspecified atom stereocenters. The number of ether oxygens (including phenoxy) is 9. The Balaban J connectivity index is 0.994. The SMILES string of the molecule is C=C1C[C@@H]2CCC34CC5OC6[C@@H](O[C@H]7CC[C@H](CC(=O)C[C@@H]8C(OC)[C@@H](C[C@H](O)CO)O[C@H]8C[C@H]8O[C@@H](CC[C@@H]1O2)C[C@@H](C)C8=C)O[C@@H]7[C@@H]6O3)C5O4. The van der Waals surface area contributed by atoms with E-state index in [2.05, 4.69) is 20.1 Å². The lowest BCUT2D eigenvalue weighted by molar-refractivity contribution is -0.292. The minimum Gasteiger partial charge on any atom is -0.394 e. The molecule has 0 radical (unpaired) electrons. The summed E-state index contributed by atoms with van der Waals surface area (Å²) in [6.07, 6.45) is 4.01. The van der Waals surface area contributed by atoms with Crippen LogP contribution < -0.4 is 0 Å². The van der Waals surface area contributed by atoms with Crippen LogP contribution in [0.25, 0.3) is 0 Å². The second-order valence-corrected chi connectivity index (χ2v) is 17.4. The highest BCUT2D eigenvalue weighted by atomic mass is 16.8. The van der Waals surface area contributed by atoms with Crippen LogP contribution in [-0.2, 0) is 47.4 Å². The zero-order valence-corrected chi connectivity index (χ0v) is 30.7. The van der Waals surface area contributed by atoms with Gasteiger partial charge in [0.05, 0.1) is 73.8 Å². The molecule has 12 heteroatoms. The van der Waals surface area contributed by atoms with Crippen LogP contribution in [0.15, 0.2) is 24.3 Å². The van der Waals surface area contributed by atoms with Gasteiger partial charge >= 0.3 is 0 Å². The summed E-state index contributed by atoms with van der Waals surface area (Å²) in [6.45, 7) is 10.7. The fourth-order valence-corrected chi connectivity index (χ4v) is 11.3. The van der Waals surface area contributed by atoms with Crippen LogP contribution in [0.3, 0.4) is 0 Å². The van der Waals surface area contributed by atoms with Crippen molar-refractivity contribution in [1.29, 1.82) is 0 Å². The molecule has 2 N–H and O–H groups in total. The van der Waals surface area contributed by atoms with E-state index in [0.29, 0.717) is 25.7 Å². The second kappa shape index (κ2) is 14.3. The van der Waals surface area contributed by atoms with Gasteiger partial charge in [0, 0.05) is 51.6 Å². The molecule has 10 aliphatic rings. The molecule has 52 heavy (non-hydrogen) atoms. The largest absolute Gasteiger partial charge is 0.394 e. The molecule has 0 aromatic carbocycles. The van der Waals surface area contributed by atoms with Gasteiger partial charge in [0.1, 0.15) is 36.3 Å². The quantitative estimate of drug-likeness (QED) is 0.410. The van der Waals surface area contributed by atoms with Gasteiger partial charge in [-0.2, -0.15) is 0 Å². The zero-order valence-electron chi connectivity index (χ0n) is 30.7. The Bertz CT molecular complexity index is 1370. The standard InChI is InChI=1S/C40H58O12/c1-19-11-24-5-7-28-20(2)12-26(45-28)9-10-40-17-33-36(51-40)37-38(50-33)39(52-40)35-29(49-37)8-6-25(47-35)13-22(42)14-27-31(16-30(46-24)21(19)3)48-32(34(27)44-4)15-23(43)18-41/h19,23-39,41,43H,2-3,5-18H2,1,4H3/t19-,23+,24+,25-,26+,27+,28+,29+,30-,31+,32-,33?,34?,35+,36?,37+,38?,39+,40?/m1/s1. The molecular formula is C40H58O12. The van der Waals surface area contributed by atoms with Crippen molar-refractivity contribution in [3.63, 3.8) is 0 Å². The predicted octanol–water partition coefficient (Wildman–Crippen LogP) is 3.47. The van der Waals surface area contributed by atoms with Crippen molar-refractivity contribution in [2.75, 3.05) is 13.7 Å². The van der Waals surface area contributed by atoms with Crippen LogP contribution in [-0.4, -0.2) is 133 Å². The Kier molecular flexibility index (Phi) is 10.0. The van der Waals surface area contributed by atoms with Crippen LogP contribution in [0.5, 0.6) is 0 Å². The molecule has 10 heterocycles. The minimum absolute atomic E-state index is 0.0260. The molecule has 0 aliphatic carbocycles. The maximum atomic E-state index is 14.0. The lowest BCUT2D eigenvalue weighted by Gasteiger charge is -2.47. The van der Waals surface area contributed by atoms with Crippen LogP contribution in [0, 0.1) is 11.8 Å². The second-order valence-electron chi connectivity index (χ2n) is 17.4. The molecule has 1 spiro atoms. The molecule has 10 saturated heterocycles. The molecule has 0 aromatic rings. The van der Waals surface area contributed by atoms with Crippen LogP contribution in [0.4, 0.5) is 0 Å². The number of aliphatic hydroxyl groups is 2. The van der Waals surface area contributed by atoms with Crippen molar-refractivity contribution in [3.05, 3.63) is 24.3 Å². The summed E-state index contributed by atoms with van der Waals surface area (Å²) < 4.78 is 59.8. The van der Waals surface area contributed by atoms with E-state index in [9.17, 15) is 15.0 Å². The number of carbonyl (C=O) groups is 1. The van der Waals surface area contributed by atoms with Crippen molar-refractivity contribution >= 4 is 5.78 Å². The number of methoxy groups -OCH3 is 1.